The minimum atomic E-state index is -1.07. The number of hydrogen-bond donors (Lipinski definition) is 2. The van der Waals surface area contributed by atoms with E-state index in [1.807, 2.05) is 0 Å². The molecule has 1 aromatic rings. The van der Waals surface area contributed by atoms with Gasteiger partial charge in [0.05, 0.1) is 10.5 Å². The van der Waals surface area contributed by atoms with Crippen LogP contribution in [0.2, 0.25) is 0 Å². The number of β-amino-alcohol motifs (C(OH)–C–C–N with tert-alkyl or cyclic N) is 1. The average Bonchev–Trinajstić information content (AvgIpc) is 2.13. The molecule has 5 heteroatoms. The fraction of sp³-hybridized carbons (Fsp3) is 0.400. The summed E-state index contributed by atoms with van der Waals surface area (Å²) in [7, 11) is 0. The zero-order chi connectivity index (χ0) is 11.1. The third kappa shape index (κ3) is 1.49. The Bertz CT molecular complexity index is 413. The summed E-state index contributed by atoms with van der Waals surface area (Å²) >= 11 is 0. The largest absolute Gasteiger partial charge is 0.382 e. The smallest absolute Gasteiger partial charge is 0.278 e. The lowest BCUT2D eigenvalue weighted by atomic mass is 9.86. The summed E-state index contributed by atoms with van der Waals surface area (Å²) < 4.78 is 0. The van der Waals surface area contributed by atoms with Crippen LogP contribution in [0.25, 0.3) is 0 Å². The summed E-state index contributed by atoms with van der Waals surface area (Å²) in [5.74, 6) is 0. The monoisotopic (exact) mass is 208 g/mol. The van der Waals surface area contributed by atoms with Crippen LogP contribution in [0.15, 0.2) is 18.2 Å². The molecule has 15 heavy (non-hydrogen) atoms. The van der Waals surface area contributed by atoms with Gasteiger partial charge in [-0.05, 0) is 13.0 Å². The molecule has 1 aromatic carbocycles. The molecule has 2 rings (SSSR count). The molecule has 2 N–H and O–H groups in total. The first kappa shape index (κ1) is 10.1. The number of nitrogens with one attached hydrogen (secondary N) is 1. The summed E-state index contributed by atoms with van der Waals surface area (Å²) in [6.45, 7) is 2.42. The molecule has 0 spiro atoms. The average molecular weight is 208 g/mol. The van der Waals surface area contributed by atoms with Gasteiger partial charge in [-0.1, -0.05) is 12.1 Å². The minimum Gasteiger partial charge on any atom is -0.382 e. The molecule has 1 fully saturated rings. The molecule has 0 atom stereocenters. The van der Waals surface area contributed by atoms with Crippen molar-refractivity contribution in [2.24, 2.45) is 0 Å². The van der Waals surface area contributed by atoms with Crippen LogP contribution in [-0.4, -0.2) is 23.1 Å². The van der Waals surface area contributed by atoms with Gasteiger partial charge in [0.15, 0.2) is 0 Å². The van der Waals surface area contributed by atoms with E-state index >= 15 is 0 Å². The van der Waals surface area contributed by atoms with Crippen LogP contribution in [0.1, 0.15) is 11.1 Å². The summed E-state index contributed by atoms with van der Waals surface area (Å²) in [6, 6.07) is 5.02. The maximum absolute atomic E-state index is 10.9. The standard InChI is InChI=1S/C10H12N2O3/c1-7-3-2-4-8(9(7)12(14)15)10(13)5-11-6-10/h2-4,11,13H,5-6H2,1H3. The molecule has 80 valence electrons. The van der Waals surface area contributed by atoms with Gasteiger partial charge in [0.25, 0.3) is 5.69 Å². The van der Waals surface area contributed by atoms with Crippen molar-refractivity contribution >= 4 is 5.69 Å². The molecular formula is C10H12N2O3. The second kappa shape index (κ2) is 3.29. The van der Waals surface area contributed by atoms with E-state index in [0.29, 0.717) is 24.2 Å². The first-order chi connectivity index (χ1) is 7.04. The van der Waals surface area contributed by atoms with Crippen molar-refractivity contribution in [2.45, 2.75) is 12.5 Å². The molecule has 0 bridgehead atoms. The van der Waals surface area contributed by atoms with Gasteiger partial charge in [-0.15, -0.1) is 0 Å². The van der Waals surface area contributed by atoms with E-state index in [0.717, 1.165) is 0 Å². The molecule has 0 unspecified atom stereocenters. The molecule has 0 saturated carbocycles. The highest BCUT2D eigenvalue weighted by atomic mass is 16.6. The Kier molecular flexibility index (Phi) is 2.21. The van der Waals surface area contributed by atoms with Crippen LogP contribution < -0.4 is 5.32 Å². The molecule has 1 aliphatic rings. The topological polar surface area (TPSA) is 75.4 Å². The van der Waals surface area contributed by atoms with Crippen molar-refractivity contribution in [3.63, 3.8) is 0 Å². The number of rotatable bonds is 2. The van der Waals surface area contributed by atoms with Gasteiger partial charge in [0.1, 0.15) is 5.60 Å². The third-order valence-corrected chi connectivity index (χ3v) is 2.76. The Morgan fingerprint density at radius 3 is 2.67 bits per heavy atom. The van der Waals surface area contributed by atoms with Crippen molar-refractivity contribution < 1.29 is 10.0 Å². The first-order valence-corrected chi connectivity index (χ1v) is 4.72. The molecule has 0 aliphatic carbocycles. The van der Waals surface area contributed by atoms with E-state index in [-0.39, 0.29) is 5.69 Å². The SMILES string of the molecule is Cc1cccc(C2(O)CNC2)c1[N+](=O)[O-]. The second-order valence-electron chi connectivity index (χ2n) is 3.86. The predicted molar refractivity (Wildman–Crippen MR) is 54.6 cm³/mol. The molecular weight excluding hydrogens is 196 g/mol. The number of nitrogens with zero attached hydrogens (tertiary/aromatic N) is 1. The van der Waals surface area contributed by atoms with Gasteiger partial charge in [0.2, 0.25) is 0 Å². The quantitative estimate of drug-likeness (QED) is 0.554. The minimum absolute atomic E-state index is 0.0292. The maximum Gasteiger partial charge on any atom is 0.278 e. The van der Waals surface area contributed by atoms with Gasteiger partial charge in [0, 0.05) is 18.7 Å². The maximum atomic E-state index is 10.9. The first-order valence-electron chi connectivity index (χ1n) is 4.72. The predicted octanol–water partition coefficient (Wildman–Crippen LogP) is 0.694. The lowest BCUT2D eigenvalue weighted by Crippen LogP contribution is -2.57. The molecule has 1 heterocycles. The number of nitro groups is 1. The Morgan fingerprint density at radius 1 is 1.53 bits per heavy atom. The van der Waals surface area contributed by atoms with Crippen LogP contribution >= 0.6 is 0 Å². The number of aliphatic hydroxyl groups is 1. The Morgan fingerprint density at radius 2 is 2.20 bits per heavy atom. The van der Waals surface area contributed by atoms with E-state index in [2.05, 4.69) is 5.32 Å². The lowest BCUT2D eigenvalue weighted by molar-refractivity contribution is -0.387. The van der Waals surface area contributed by atoms with Gasteiger partial charge in [-0.3, -0.25) is 10.1 Å². The third-order valence-electron chi connectivity index (χ3n) is 2.76. The van der Waals surface area contributed by atoms with Gasteiger partial charge >= 0.3 is 0 Å². The summed E-state index contributed by atoms with van der Waals surface area (Å²) in [5, 5.41) is 23.9. The van der Waals surface area contributed by atoms with Gasteiger partial charge < -0.3 is 10.4 Å². The van der Waals surface area contributed by atoms with Crippen molar-refractivity contribution in [3.05, 3.63) is 39.4 Å². The molecule has 0 aromatic heterocycles. The molecule has 0 amide bonds. The Labute approximate surface area is 86.9 Å². The number of nitro benzene ring substituents is 1. The molecule has 1 aliphatic heterocycles. The van der Waals surface area contributed by atoms with E-state index in [9.17, 15) is 15.2 Å². The van der Waals surface area contributed by atoms with Crippen LogP contribution in [0.5, 0.6) is 0 Å². The summed E-state index contributed by atoms with van der Waals surface area (Å²) in [6.07, 6.45) is 0. The normalized spacial score (nSPS) is 18.3. The van der Waals surface area contributed by atoms with E-state index < -0.39 is 10.5 Å². The van der Waals surface area contributed by atoms with E-state index in [1.54, 1.807) is 25.1 Å². The number of para-hydroxylation sites is 1. The Balaban J connectivity index is 2.55. The zero-order valence-electron chi connectivity index (χ0n) is 8.36. The molecule has 1 saturated heterocycles. The van der Waals surface area contributed by atoms with Crippen molar-refractivity contribution in [2.75, 3.05) is 13.1 Å². The van der Waals surface area contributed by atoms with E-state index in [4.69, 9.17) is 0 Å². The van der Waals surface area contributed by atoms with Crippen molar-refractivity contribution in [1.29, 1.82) is 0 Å². The zero-order valence-corrected chi connectivity index (χ0v) is 8.36. The molecule has 0 radical (unpaired) electrons. The Hall–Kier alpha value is -1.46. The number of benzene rings is 1. The summed E-state index contributed by atoms with van der Waals surface area (Å²) in [5.41, 5.74) is -0.0559. The number of hydrogen-bond acceptors (Lipinski definition) is 4. The van der Waals surface area contributed by atoms with Crippen LogP contribution in [-0.2, 0) is 5.60 Å². The van der Waals surface area contributed by atoms with Crippen molar-refractivity contribution in [3.8, 4) is 0 Å². The highest BCUT2D eigenvalue weighted by Crippen LogP contribution is 2.34. The summed E-state index contributed by atoms with van der Waals surface area (Å²) in [4.78, 5) is 10.5. The van der Waals surface area contributed by atoms with Crippen LogP contribution in [0, 0.1) is 17.0 Å². The van der Waals surface area contributed by atoms with Crippen LogP contribution in [0.4, 0.5) is 5.69 Å². The highest BCUT2D eigenvalue weighted by molar-refractivity contribution is 5.51. The second-order valence-corrected chi connectivity index (χ2v) is 3.86. The molecule has 5 nitrogen and oxygen atoms in total. The van der Waals surface area contributed by atoms with Crippen LogP contribution in [0.3, 0.4) is 0 Å². The lowest BCUT2D eigenvalue weighted by Gasteiger charge is -2.37. The van der Waals surface area contributed by atoms with Gasteiger partial charge in [-0.2, -0.15) is 0 Å². The highest BCUT2D eigenvalue weighted by Gasteiger charge is 2.41. The fourth-order valence-corrected chi connectivity index (χ4v) is 1.83. The van der Waals surface area contributed by atoms with Crippen molar-refractivity contribution in [1.82, 2.24) is 5.32 Å². The van der Waals surface area contributed by atoms with E-state index in [1.165, 1.54) is 0 Å². The van der Waals surface area contributed by atoms with Gasteiger partial charge in [-0.25, -0.2) is 0 Å². The number of aryl methyl sites for hydroxylation is 1. The fourth-order valence-electron chi connectivity index (χ4n) is 1.83.